The van der Waals surface area contributed by atoms with Crippen LogP contribution in [0.3, 0.4) is 0 Å². The van der Waals surface area contributed by atoms with Gasteiger partial charge in [-0.1, -0.05) is 0 Å². The van der Waals surface area contributed by atoms with Crippen LogP contribution in [0.25, 0.3) is 21.8 Å². The molecule has 0 bridgehead atoms. The van der Waals surface area contributed by atoms with E-state index in [1.54, 1.807) is 34.2 Å². The number of thiol groups is 1. The van der Waals surface area contributed by atoms with Crippen molar-refractivity contribution in [2.75, 3.05) is 11.1 Å². The molecular weight excluding hydrogens is 371 g/mol. The summed E-state index contributed by atoms with van der Waals surface area (Å²) in [6, 6.07) is 12.0. The molecule has 3 N–H and O–H groups in total. The second-order valence-electron chi connectivity index (χ2n) is 5.71. The summed E-state index contributed by atoms with van der Waals surface area (Å²) in [6.07, 6.45) is 0. The Kier molecular flexibility index (Phi) is 4.17. The second-order valence-corrected chi connectivity index (χ2v) is 7.00. The maximum absolute atomic E-state index is 13.1. The summed E-state index contributed by atoms with van der Waals surface area (Å²) in [5, 5.41) is 14.1. The number of thiophene rings is 1. The van der Waals surface area contributed by atoms with Crippen molar-refractivity contribution in [1.82, 2.24) is 19.0 Å². The molecule has 132 valence electrons. The van der Waals surface area contributed by atoms with Gasteiger partial charge in [-0.2, -0.15) is 14.3 Å². The quantitative estimate of drug-likeness (QED) is 0.460. The Morgan fingerprint density at radius 1 is 1.12 bits per heavy atom. The largest absolute Gasteiger partial charge is 0.383 e. The zero-order valence-corrected chi connectivity index (χ0v) is 15.4. The third kappa shape index (κ3) is 3.18. The van der Waals surface area contributed by atoms with Crippen molar-refractivity contribution in [2.45, 2.75) is 0 Å². The van der Waals surface area contributed by atoms with Gasteiger partial charge in [0, 0.05) is 30.1 Å². The number of aromatic nitrogens is 4. The predicted octanol–water partition coefficient (Wildman–Crippen LogP) is 4.17. The Morgan fingerprint density at radius 2 is 1.88 bits per heavy atom. The highest BCUT2D eigenvalue weighted by Crippen LogP contribution is 2.32. The molecular formula is C17H15FN6S2. The van der Waals surface area contributed by atoms with Gasteiger partial charge in [-0.3, -0.25) is 4.68 Å². The van der Waals surface area contributed by atoms with Crippen LogP contribution in [0.1, 0.15) is 0 Å². The van der Waals surface area contributed by atoms with Crippen molar-refractivity contribution >= 4 is 41.5 Å². The summed E-state index contributed by atoms with van der Waals surface area (Å²) in [5.74, 6) is 1.05. The molecule has 0 aliphatic rings. The van der Waals surface area contributed by atoms with Gasteiger partial charge in [0.05, 0.1) is 16.3 Å². The fourth-order valence-electron chi connectivity index (χ4n) is 2.54. The van der Waals surface area contributed by atoms with Crippen LogP contribution in [0.2, 0.25) is 0 Å². The predicted molar refractivity (Wildman–Crippen MR) is 106 cm³/mol. The molecule has 6 nitrogen and oxygen atoms in total. The molecule has 0 atom stereocenters. The van der Waals surface area contributed by atoms with Crippen LogP contribution >= 0.6 is 24.2 Å². The average molecular weight is 386 g/mol. The first-order chi connectivity index (χ1) is 12.5. The van der Waals surface area contributed by atoms with Crippen LogP contribution in [-0.2, 0) is 7.05 Å². The summed E-state index contributed by atoms with van der Waals surface area (Å²) in [6.45, 7) is 0. The molecule has 4 aromatic rings. The lowest BCUT2D eigenvalue weighted by atomic mass is 10.1. The fraction of sp³-hybridized carbons (Fsp3) is 0.0588. The SMILES string of the molecule is Cn1nc(-c2ccc(F)cc2)cc1Nc1csc(-c2cc(N)n(S)n2)c1. The molecule has 0 radical (unpaired) electrons. The highest BCUT2D eigenvalue weighted by Gasteiger charge is 2.11. The molecule has 0 aliphatic heterocycles. The van der Waals surface area contributed by atoms with Crippen LogP contribution in [0.5, 0.6) is 0 Å². The molecule has 9 heteroatoms. The summed E-state index contributed by atoms with van der Waals surface area (Å²) in [7, 11) is 1.85. The van der Waals surface area contributed by atoms with E-state index in [1.165, 1.54) is 16.2 Å². The summed E-state index contributed by atoms with van der Waals surface area (Å²) < 4.78 is 16.2. The molecule has 0 saturated carbocycles. The lowest BCUT2D eigenvalue weighted by molar-refractivity contribution is 0.628. The highest BCUT2D eigenvalue weighted by atomic mass is 32.1. The van der Waals surface area contributed by atoms with E-state index in [2.05, 4.69) is 28.3 Å². The zero-order valence-electron chi connectivity index (χ0n) is 13.7. The van der Waals surface area contributed by atoms with Crippen molar-refractivity contribution < 1.29 is 4.39 Å². The van der Waals surface area contributed by atoms with Crippen LogP contribution < -0.4 is 11.1 Å². The molecule has 0 amide bonds. The minimum absolute atomic E-state index is 0.266. The molecule has 3 aromatic heterocycles. The van der Waals surface area contributed by atoms with Crippen LogP contribution in [0, 0.1) is 5.82 Å². The first-order valence-electron chi connectivity index (χ1n) is 7.70. The number of nitrogens with one attached hydrogen (secondary N) is 1. The average Bonchev–Trinajstić information content (AvgIpc) is 3.30. The maximum Gasteiger partial charge on any atom is 0.134 e. The number of nitrogen functional groups attached to an aromatic ring is 1. The Bertz CT molecular complexity index is 1040. The Hall–Kier alpha value is -2.78. The van der Waals surface area contributed by atoms with E-state index in [0.717, 1.165) is 33.3 Å². The Morgan fingerprint density at radius 3 is 2.58 bits per heavy atom. The molecule has 1 aromatic carbocycles. The van der Waals surface area contributed by atoms with Crippen molar-refractivity contribution in [3.8, 4) is 21.8 Å². The molecule has 0 saturated heterocycles. The monoisotopic (exact) mass is 386 g/mol. The summed E-state index contributed by atoms with van der Waals surface area (Å²) in [4.78, 5) is 0.980. The lowest BCUT2D eigenvalue weighted by Gasteiger charge is -2.02. The fourth-order valence-corrected chi connectivity index (χ4v) is 3.49. The molecule has 4 rings (SSSR count). The lowest BCUT2D eigenvalue weighted by Crippen LogP contribution is -1.98. The van der Waals surface area contributed by atoms with Gasteiger partial charge in [-0.15, -0.1) is 11.3 Å². The Balaban J connectivity index is 1.57. The van der Waals surface area contributed by atoms with Crippen LogP contribution in [0.4, 0.5) is 21.7 Å². The van der Waals surface area contributed by atoms with Gasteiger partial charge < -0.3 is 11.1 Å². The van der Waals surface area contributed by atoms with E-state index in [4.69, 9.17) is 5.73 Å². The number of nitrogens with two attached hydrogens (primary N) is 1. The second kappa shape index (κ2) is 6.50. The smallest absolute Gasteiger partial charge is 0.134 e. The minimum atomic E-state index is -0.266. The van der Waals surface area contributed by atoms with Gasteiger partial charge in [-0.25, -0.2) is 4.39 Å². The van der Waals surface area contributed by atoms with Crippen LogP contribution in [-0.4, -0.2) is 19.0 Å². The Labute approximate surface area is 158 Å². The highest BCUT2D eigenvalue weighted by molar-refractivity contribution is 7.78. The minimum Gasteiger partial charge on any atom is -0.383 e. The van der Waals surface area contributed by atoms with E-state index >= 15 is 0 Å². The number of hydrogen-bond acceptors (Lipinski definition) is 6. The van der Waals surface area contributed by atoms with Crippen molar-refractivity contribution in [2.24, 2.45) is 7.05 Å². The maximum atomic E-state index is 13.1. The van der Waals surface area contributed by atoms with Crippen LogP contribution in [0.15, 0.2) is 47.8 Å². The zero-order chi connectivity index (χ0) is 18.3. The third-order valence-electron chi connectivity index (χ3n) is 3.86. The third-order valence-corrected chi connectivity index (χ3v) is 5.14. The van der Waals surface area contributed by atoms with Crippen molar-refractivity contribution in [3.63, 3.8) is 0 Å². The van der Waals surface area contributed by atoms with Gasteiger partial charge in [0.1, 0.15) is 23.1 Å². The molecule has 0 aliphatic carbocycles. The van der Waals surface area contributed by atoms with E-state index < -0.39 is 0 Å². The molecule has 0 unspecified atom stereocenters. The van der Waals surface area contributed by atoms with Gasteiger partial charge in [-0.05, 0) is 43.1 Å². The number of anilines is 3. The van der Waals surface area contributed by atoms with E-state index in [9.17, 15) is 4.39 Å². The van der Waals surface area contributed by atoms with Gasteiger partial charge in [0.15, 0.2) is 0 Å². The van der Waals surface area contributed by atoms with Gasteiger partial charge >= 0.3 is 0 Å². The number of aryl methyl sites for hydroxylation is 1. The normalized spacial score (nSPS) is 11.0. The van der Waals surface area contributed by atoms with E-state index in [-0.39, 0.29) is 5.82 Å². The van der Waals surface area contributed by atoms with Crippen molar-refractivity contribution in [3.05, 3.63) is 53.7 Å². The molecule has 3 heterocycles. The summed E-state index contributed by atoms with van der Waals surface area (Å²) in [5.41, 5.74) is 9.09. The number of benzene rings is 1. The first kappa shape index (κ1) is 16.7. The molecule has 0 spiro atoms. The van der Waals surface area contributed by atoms with Gasteiger partial charge in [0.2, 0.25) is 0 Å². The molecule has 0 fully saturated rings. The van der Waals surface area contributed by atoms with E-state index in [1.807, 2.05) is 24.6 Å². The summed E-state index contributed by atoms with van der Waals surface area (Å²) >= 11 is 5.70. The molecule has 26 heavy (non-hydrogen) atoms. The number of rotatable bonds is 4. The first-order valence-corrected chi connectivity index (χ1v) is 8.98. The number of halogens is 1. The van der Waals surface area contributed by atoms with E-state index in [0.29, 0.717) is 5.82 Å². The topological polar surface area (TPSA) is 73.7 Å². The van der Waals surface area contributed by atoms with Gasteiger partial charge in [0.25, 0.3) is 0 Å². The van der Waals surface area contributed by atoms with Crippen molar-refractivity contribution in [1.29, 1.82) is 0 Å². The number of hydrogen-bond donors (Lipinski definition) is 3. The number of nitrogens with zero attached hydrogens (tertiary/aromatic N) is 4. The standard InChI is InChI=1S/C17H15FN6S2/c1-23-17(8-13(21-23)10-2-4-11(18)5-3-10)20-12-6-15(26-9-12)14-7-16(19)24(25)22-14/h2-9,20,25H,19H2,1H3.